The second kappa shape index (κ2) is 11.7. The third kappa shape index (κ3) is 8.79. The Labute approximate surface area is 206 Å². The van der Waals surface area contributed by atoms with E-state index in [0.29, 0.717) is 6.42 Å². The highest BCUT2D eigenvalue weighted by molar-refractivity contribution is 6.67. The maximum atomic E-state index is 13.4. The van der Waals surface area contributed by atoms with Crippen molar-refractivity contribution in [1.29, 1.82) is 0 Å². The highest BCUT2D eigenvalue weighted by Crippen LogP contribution is 2.36. The number of alkyl halides is 6. The maximum Gasteiger partial charge on any atom is 0.257 e. The first-order valence-corrected chi connectivity index (χ1v) is 11.5. The van der Waals surface area contributed by atoms with Gasteiger partial charge in [-0.15, -0.1) is 0 Å². The first kappa shape index (κ1) is 27.9. The molecule has 0 bridgehead atoms. The smallest absolute Gasteiger partial charge is 0.257 e. The Bertz CT molecular complexity index is 675. The van der Waals surface area contributed by atoms with Gasteiger partial charge in [0, 0.05) is 12.5 Å². The molecule has 1 aliphatic rings. The summed E-state index contributed by atoms with van der Waals surface area (Å²) in [6.45, 7) is 3.38. The zero-order valence-electron chi connectivity index (χ0n) is 16.7. The number of carbonyl (C=O) groups is 3. The van der Waals surface area contributed by atoms with E-state index >= 15 is 0 Å². The van der Waals surface area contributed by atoms with Crippen LogP contribution in [0.4, 0.5) is 0 Å². The van der Waals surface area contributed by atoms with Gasteiger partial charge >= 0.3 is 0 Å². The highest BCUT2D eigenvalue weighted by atomic mass is 35.6. The number of nitrogens with zero attached hydrogens (tertiary/aromatic N) is 1. The van der Waals surface area contributed by atoms with E-state index in [2.05, 4.69) is 5.32 Å². The minimum atomic E-state index is -1.56. The van der Waals surface area contributed by atoms with Gasteiger partial charge in [-0.3, -0.25) is 19.3 Å². The average Bonchev–Trinajstić information content (AvgIpc) is 2.95. The summed E-state index contributed by atoms with van der Waals surface area (Å²) in [6.07, 6.45) is 2.11. The molecule has 1 rings (SSSR count). The van der Waals surface area contributed by atoms with Crippen LogP contribution < -0.4 is 5.32 Å². The molecule has 0 fully saturated rings. The number of imide groups is 1. The molecule has 1 N–H and O–H groups in total. The summed E-state index contributed by atoms with van der Waals surface area (Å²) < 4.78 is 2.19. The van der Waals surface area contributed by atoms with Gasteiger partial charge in [0.25, 0.3) is 11.8 Å². The number of nitrogens with one attached hydrogen (secondary N) is 1. The lowest BCUT2D eigenvalue weighted by Gasteiger charge is -2.32. The van der Waals surface area contributed by atoms with Gasteiger partial charge in [-0.2, -0.15) is 0 Å². The van der Waals surface area contributed by atoms with E-state index in [0.717, 1.165) is 4.90 Å². The number of hydrogen-bond acceptors (Lipinski definition) is 4. The molecule has 0 spiro atoms. The Kier molecular flexibility index (Phi) is 10.9. The summed E-state index contributed by atoms with van der Waals surface area (Å²) in [7, 11) is 1.38. The predicted molar refractivity (Wildman–Crippen MR) is 121 cm³/mol. The monoisotopic (exact) mass is 542 g/mol. The van der Waals surface area contributed by atoms with Crippen molar-refractivity contribution in [3.05, 3.63) is 11.8 Å². The number of ether oxygens (including phenoxy) is 1. The van der Waals surface area contributed by atoms with Gasteiger partial charge in [0.1, 0.15) is 11.8 Å². The largest absolute Gasteiger partial charge is 0.499 e. The number of hydrogen-bond donors (Lipinski definition) is 1. The molecule has 0 aliphatic carbocycles. The molecule has 0 radical (unpaired) electrons. The van der Waals surface area contributed by atoms with Crippen LogP contribution in [0.2, 0.25) is 0 Å². The summed E-state index contributed by atoms with van der Waals surface area (Å²) in [4.78, 5) is 39.0. The Morgan fingerprint density at radius 2 is 1.73 bits per heavy atom. The maximum absolute atomic E-state index is 13.4. The molecule has 0 saturated carbocycles. The molecule has 30 heavy (non-hydrogen) atoms. The van der Waals surface area contributed by atoms with Crippen molar-refractivity contribution in [2.45, 2.75) is 65.6 Å². The fourth-order valence-electron chi connectivity index (χ4n) is 3.03. The third-order valence-corrected chi connectivity index (χ3v) is 5.81. The van der Waals surface area contributed by atoms with E-state index in [1.165, 1.54) is 13.2 Å². The quantitative estimate of drug-likeness (QED) is 0.410. The molecule has 1 heterocycles. The van der Waals surface area contributed by atoms with Crippen LogP contribution in [0, 0.1) is 5.92 Å². The van der Waals surface area contributed by atoms with Crippen LogP contribution in [0.25, 0.3) is 0 Å². The second-order valence-electron chi connectivity index (χ2n) is 7.00. The summed E-state index contributed by atoms with van der Waals surface area (Å²) >= 11 is 35.0. The van der Waals surface area contributed by atoms with Crippen LogP contribution in [0.5, 0.6) is 0 Å². The summed E-state index contributed by atoms with van der Waals surface area (Å²) in [5.41, 5.74) is 0. The molecular weight excluding hydrogens is 521 g/mol. The lowest BCUT2D eigenvalue weighted by molar-refractivity contribution is -0.147. The highest BCUT2D eigenvalue weighted by Gasteiger charge is 2.43. The van der Waals surface area contributed by atoms with Crippen molar-refractivity contribution in [2.24, 2.45) is 5.92 Å². The number of methoxy groups -OCH3 is 1. The second-order valence-corrected chi connectivity index (χ2v) is 12.0. The SMILES string of the molecule is CCC(=O)NC(C(=O)N1C(=O)C=C(OC)C1CCC(Cl)(Cl)Cl)C(C)CCC(Cl)(Cl)Cl. The molecule has 3 unspecified atom stereocenters. The topological polar surface area (TPSA) is 75.7 Å². The fraction of sp³-hybridized carbons (Fsp3) is 0.722. The van der Waals surface area contributed by atoms with Crippen LogP contribution in [-0.4, -0.2) is 49.4 Å². The van der Waals surface area contributed by atoms with E-state index in [1.807, 2.05) is 0 Å². The van der Waals surface area contributed by atoms with Gasteiger partial charge in [-0.25, -0.2) is 0 Å². The molecule has 0 aromatic rings. The molecule has 0 aromatic heterocycles. The van der Waals surface area contributed by atoms with Gasteiger partial charge in [-0.05, 0) is 31.6 Å². The van der Waals surface area contributed by atoms with Crippen molar-refractivity contribution >= 4 is 87.3 Å². The number of amides is 3. The molecule has 0 saturated heterocycles. The Morgan fingerprint density at radius 3 is 2.20 bits per heavy atom. The minimum absolute atomic E-state index is 0.0783. The Morgan fingerprint density at radius 1 is 1.17 bits per heavy atom. The average molecular weight is 545 g/mol. The lowest BCUT2D eigenvalue weighted by atomic mass is 9.94. The van der Waals surface area contributed by atoms with Gasteiger partial charge in [0.15, 0.2) is 7.59 Å². The number of halogens is 6. The van der Waals surface area contributed by atoms with Crippen molar-refractivity contribution in [2.75, 3.05) is 7.11 Å². The minimum Gasteiger partial charge on any atom is -0.499 e. The molecular formula is C18H24Cl6N2O4. The van der Waals surface area contributed by atoms with E-state index in [9.17, 15) is 14.4 Å². The van der Waals surface area contributed by atoms with Gasteiger partial charge < -0.3 is 10.1 Å². The van der Waals surface area contributed by atoms with Crippen molar-refractivity contribution < 1.29 is 19.1 Å². The van der Waals surface area contributed by atoms with E-state index in [4.69, 9.17) is 74.3 Å². The van der Waals surface area contributed by atoms with E-state index in [-0.39, 0.29) is 37.3 Å². The summed E-state index contributed by atoms with van der Waals surface area (Å²) in [5.74, 6) is -1.67. The third-order valence-electron chi connectivity index (χ3n) is 4.67. The molecule has 12 heteroatoms. The Balaban J connectivity index is 3.13. The van der Waals surface area contributed by atoms with Crippen LogP contribution in [0.15, 0.2) is 11.8 Å². The summed E-state index contributed by atoms with van der Waals surface area (Å²) in [5, 5.41) is 2.67. The molecule has 6 nitrogen and oxygen atoms in total. The van der Waals surface area contributed by atoms with Gasteiger partial charge in [-0.1, -0.05) is 83.5 Å². The number of rotatable bonds is 9. The zero-order valence-corrected chi connectivity index (χ0v) is 21.2. The molecule has 3 atom stereocenters. The van der Waals surface area contributed by atoms with E-state index < -0.39 is 37.4 Å². The van der Waals surface area contributed by atoms with Crippen molar-refractivity contribution in [3.63, 3.8) is 0 Å². The van der Waals surface area contributed by atoms with E-state index in [1.54, 1.807) is 13.8 Å². The van der Waals surface area contributed by atoms with Crippen LogP contribution in [-0.2, 0) is 19.1 Å². The number of carbonyl (C=O) groups excluding carboxylic acids is 3. The zero-order chi connectivity index (χ0) is 23.3. The molecule has 1 aliphatic heterocycles. The van der Waals surface area contributed by atoms with Crippen molar-refractivity contribution in [1.82, 2.24) is 10.2 Å². The van der Waals surface area contributed by atoms with Crippen LogP contribution in [0.3, 0.4) is 0 Å². The predicted octanol–water partition coefficient (Wildman–Crippen LogP) is 5.09. The fourth-order valence-corrected chi connectivity index (χ4v) is 3.68. The first-order valence-electron chi connectivity index (χ1n) is 9.25. The standard InChI is InChI=1S/C18H24Cl6N2O4/c1-4-13(27)25-15(10(2)5-7-17(19,20)21)16(29)26-11(6-8-18(22,23)24)12(30-3)9-14(26)28/h9-11,15H,4-8H2,1-3H3,(H,25,27). The molecule has 3 amide bonds. The normalized spacial score (nSPS) is 19.4. The van der Waals surface area contributed by atoms with Crippen molar-refractivity contribution in [3.8, 4) is 0 Å². The van der Waals surface area contributed by atoms with Gasteiger partial charge in [0.05, 0.1) is 13.2 Å². The molecule has 0 aromatic carbocycles. The Hall–Kier alpha value is -0.110. The van der Waals surface area contributed by atoms with Crippen LogP contribution >= 0.6 is 69.6 Å². The summed E-state index contributed by atoms with van der Waals surface area (Å²) in [6, 6.07) is -1.76. The van der Waals surface area contributed by atoms with Gasteiger partial charge in [0.2, 0.25) is 5.91 Å². The lowest BCUT2D eigenvalue weighted by Crippen LogP contribution is -2.54. The van der Waals surface area contributed by atoms with Crippen LogP contribution in [0.1, 0.15) is 46.0 Å². The first-order chi connectivity index (χ1) is 13.7. The molecule has 172 valence electrons.